The second-order valence-corrected chi connectivity index (χ2v) is 8.90. The summed E-state index contributed by atoms with van der Waals surface area (Å²) in [4.78, 5) is 19.5. The molecule has 170 valence electrons. The molecule has 7 nitrogen and oxygen atoms in total. The van der Waals surface area contributed by atoms with Gasteiger partial charge >= 0.3 is 0 Å². The first kappa shape index (κ1) is 21.6. The highest BCUT2D eigenvalue weighted by atomic mass is 16.5. The Morgan fingerprint density at radius 1 is 1.09 bits per heavy atom. The number of nitrogens with zero attached hydrogens (tertiary/aromatic N) is 5. The number of hydrogen-bond acceptors (Lipinski definition) is 5. The van der Waals surface area contributed by atoms with Crippen LogP contribution >= 0.6 is 0 Å². The van der Waals surface area contributed by atoms with E-state index in [0.29, 0.717) is 11.3 Å². The van der Waals surface area contributed by atoms with E-state index >= 15 is 0 Å². The number of imidazole rings is 1. The maximum atomic E-state index is 12.3. The Balaban J connectivity index is 1.71. The normalized spacial score (nSPS) is 18.0. The van der Waals surface area contributed by atoms with Crippen LogP contribution in [-0.2, 0) is 11.8 Å². The van der Waals surface area contributed by atoms with Gasteiger partial charge in [0.15, 0.2) is 5.82 Å². The third-order valence-corrected chi connectivity index (χ3v) is 6.50. The van der Waals surface area contributed by atoms with Crippen molar-refractivity contribution >= 4 is 11.0 Å². The zero-order chi connectivity index (χ0) is 23.1. The Kier molecular flexibility index (Phi) is 5.60. The maximum Gasteiger partial charge on any atom is 0.269 e. The topological polar surface area (TPSA) is 65.2 Å². The first-order valence-corrected chi connectivity index (χ1v) is 11.3. The molecule has 0 bridgehead atoms. The smallest absolute Gasteiger partial charge is 0.269 e. The summed E-state index contributed by atoms with van der Waals surface area (Å²) >= 11 is 0. The molecule has 7 heteroatoms. The van der Waals surface area contributed by atoms with Crippen molar-refractivity contribution in [3.05, 3.63) is 81.6 Å². The summed E-state index contributed by atoms with van der Waals surface area (Å²) in [6, 6.07) is 18.6. The number of aryl methyl sites for hydroxylation is 2. The molecular weight excluding hydrogens is 414 g/mol. The first-order valence-electron chi connectivity index (χ1n) is 11.3. The van der Waals surface area contributed by atoms with Crippen LogP contribution in [0.3, 0.4) is 0 Å². The average molecular weight is 444 g/mol. The highest BCUT2D eigenvalue weighted by Crippen LogP contribution is 2.33. The Labute approximate surface area is 193 Å². The van der Waals surface area contributed by atoms with E-state index in [4.69, 9.17) is 9.72 Å². The zero-order valence-electron chi connectivity index (χ0n) is 19.5. The van der Waals surface area contributed by atoms with Crippen LogP contribution in [0.2, 0.25) is 0 Å². The van der Waals surface area contributed by atoms with E-state index in [2.05, 4.69) is 71.0 Å². The van der Waals surface area contributed by atoms with E-state index in [0.717, 1.165) is 42.1 Å². The minimum atomic E-state index is -0.0987. The predicted octanol–water partition coefficient (Wildman–Crippen LogP) is 3.72. The molecule has 1 aliphatic heterocycles. The Morgan fingerprint density at radius 2 is 1.88 bits per heavy atom. The minimum absolute atomic E-state index is 0.0238. The lowest BCUT2D eigenvalue weighted by Crippen LogP contribution is -2.35. The van der Waals surface area contributed by atoms with Crippen LogP contribution in [-0.4, -0.2) is 51.0 Å². The molecule has 5 rings (SSSR count). The van der Waals surface area contributed by atoms with Gasteiger partial charge in [0, 0.05) is 25.7 Å². The van der Waals surface area contributed by atoms with E-state index in [1.165, 1.54) is 10.2 Å². The van der Waals surface area contributed by atoms with Crippen LogP contribution in [0, 0.1) is 6.92 Å². The van der Waals surface area contributed by atoms with Gasteiger partial charge in [-0.2, -0.15) is 5.10 Å². The van der Waals surface area contributed by atoms with Gasteiger partial charge < -0.3 is 14.2 Å². The van der Waals surface area contributed by atoms with E-state index in [9.17, 15) is 4.79 Å². The monoisotopic (exact) mass is 443 g/mol. The van der Waals surface area contributed by atoms with Crippen molar-refractivity contribution in [1.82, 2.24) is 24.2 Å². The molecule has 0 radical (unpaired) electrons. The van der Waals surface area contributed by atoms with Gasteiger partial charge in [0.1, 0.15) is 5.69 Å². The molecule has 0 saturated carbocycles. The molecule has 4 aromatic rings. The second kappa shape index (κ2) is 8.57. The van der Waals surface area contributed by atoms with Crippen molar-refractivity contribution in [3.8, 4) is 11.5 Å². The number of fused-ring (bicyclic) bond motifs is 1. The summed E-state index contributed by atoms with van der Waals surface area (Å²) in [5.74, 6) is 0.749. The maximum absolute atomic E-state index is 12.3. The second-order valence-electron chi connectivity index (χ2n) is 8.90. The molecule has 1 unspecified atom stereocenters. The molecule has 0 spiro atoms. The standard InChI is InChI=1S/C26H29N5O2/c1-17-14-22(28-30(4)26(17)32)25-27-21-11-10-20(24-16-29(3)12-13-33-24)15-23(21)31(25)18(2)19-8-6-5-7-9-19/h5-11,14-15,18,24H,12-13,16H2,1-4H3/t18-,24?/m0/s1. The number of morpholine rings is 1. The fraction of sp³-hybridized carbons (Fsp3) is 0.346. The van der Waals surface area contributed by atoms with Crippen molar-refractivity contribution in [2.75, 3.05) is 26.7 Å². The molecular formula is C26H29N5O2. The van der Waals surface area contributed by atoms with Crippen molar-refractivity contribution in [2.24, 2.45) is 7.05 Å². The summed E-state index contributed by atoms with van der Waals surface area (Å²) in [6.45, 7) is 6.53. The Hall–Kier alpha value is -3.29. The minimum Gasteiger partial charge on any atom is -0.371 e. The molecule has 0 amide bonds. The molecule has 33 heavy (non-hydrogen) atoms. The lowest BCUT2D eigenvalue weighted by molar-refractivity contribution is -0.0208. The lowest BCUT2D eigenvalue weighted by atomic mass is 10.1. The fourth-order valence-corrected chi connectivity index (χ4v) is 4.61. The average Bonchev–Trinajstić information content (AvgIpc) is 3.21. The van der Waals surface area contributed by atoms with Crippen LogP contribution in [0.15, 0.2) is 59.4 Å². The third-order valence-electron chi connectivity index (χ3n) is 6.50. The molecule has 2 atom stereocenters. The highest BCUT2D eigenvalue weighted by molar-refractivity contribution is 5.81. The predicted molar refractivity (Wildman–Crippen MR) is 129 cm³/mol. The first-order chi connectivity index (χ1) is 15.9. The molecule has 2 aromatic carbocycles. The third kappa shape index (κ3) is 3.98. The Bertz CT molecular complexity index is 1330. The number of ether oxygens (including phenoxy) is 1. The van der Waals surface area contributed by atoms with Gasteiger partial charge in [-0.15, -0.1) is 0 Å². The van der Waals surface area contributed by atoms with Gasteiger partial charge in [-0.05, 0) is 50.2 Å². The number of aromatic nitrogens is 4. The zero-order valence-corrected chi connectivity index (χ0v) is 19.5. The van der Waals surface area contributed by atoms with Crippen LogP contribution in [0.25, 0.3) is 22.6 Å². The number of benzene rings is 2. The highest BCUT2D eigenvalue weighted by Gasteiger charge is 2.24. The summed E-state index contributed by atoms with van der Waals surface area (Å²) in [7, 11) is 3.81. The van der Waals surface area contributed by atoms with Gasteiger partial charge in [0.25, 0.3) is 5.56 Å². The van der Waals surface area contributed by atoms with E-state index < -0.39 is 0 Å². The molecule has 0 N–H and O–H groups in total. The van der Waals surface area contributed by atoms with E-state index in [-0.39, 0.29) is 17.7 Å². The van der Waals surface area contributed by atoms with Crippen molar-refractivity contribution in [2.45, 2.75) is 26.0 Å². The van der Waals surface area contributed by atoms with Gasteiger partial charge in [0.2, 0.25) is 0 Å². The molecule has 3 heterocycles. The van der Waals surface area contributed by atoms with Crippen molar-refractivity contribution in [3.63, 3.8) is 0 Å². The fourth-order valence-electron chi connectivity index (χ4n) is 4.61. The van der Waals surface area contributed by atoms with Crippen molar-refractivity contribution in [1.29, 1.82) is 0 Å². The van der Waals surface area contributed by atoms with E-state index in [1.54, 1.807) is 7.05 Å². The summed E-state index contributed by atoms with van der Waals surface area (Å²) in [6.07, 6.45) is 0.0323. The lowest BCUT2D eigenvalue weighted by Gasteiger charge is -2.30. The Morgan fingerprint density at radius 3 is 2.61 bits per heavy atom. The van der Waals surface area contributed by atoms with Crippen LogP contribution < -0.4 is 5.56 Å². The van der Waals surface area contributed by atoms with Gasteiger partial charge in [-0.1, -0.05) is 36.4 Å². The van der Waals surface area contributed by atoms with Crippen molar-refractivity contribution < 1.29 is 4.74 Å². The number of hydrogen-bond donors (Lipinski definition) is 0. The SMILES string of the molecule is Cc1cc(-c2nc3ccc(C4CN(C)CCO4)cc3n2[C@@H](C)c2ccccc2)nn(C)c1=O. The van der Waals surface area contributed by atoms with Gasteiger partial charge in [-0.3, -0.25) is 4.79 Å². The molecule has 2 aromatic heterocycles. The summed E-state index contributed by atoms with van der Waals surface area (Å²) in [5.41, 5.74) is 5.48. The van der Waals surface area contributed by atoms with Gasteiger partial charge in [0.05, 0.1) is 29.8 Å². The number of likely N-dealkylation sites (N-methyl/N-ethyl adjacent to an activating group) is 1. The molecule has 0 aliphatic carbocycles. The molecule has 1 saturated heterocycles. The summed E-state index contributed by atoms with van der Waals surface area (Å²) < 4.78 is 9.70. The largest absolute Gasteiger partial charge is 0.371 e. The molecule has 1 aliphatic rings. The summed E-state index contributed by atoms with van der Waals surface area (Å²) in [5, 5.41) is 4.55. The number of rotatable bonds is 4. The van der Waals surface area contributed by atoms with E-state index in [1.807, 2.05) is 19.1 Å². The van der Waals surface area contributed by atoms with Gasteiger partial charge in [-0.25, -0.2) is 9.67 Å². The molecule has 1 fully saturated rings. The van der Waals surface area contributed by atoms with Crippen LogP contribution in [0.5, 0.6) is 0 Å². The van der Waals surface area contributed by atoms with Crippen LogP contribution in [0.1, 0.15) is 35.8 Å². The van der Waals surface area contributed by atoms with Crippen LogP contribution in [0.4, 0.5) is 0 Å². The quantitative estimate of drug-likeness (QED) is 0.481.